The molecule has 0 radical (unpaired) electrons. The second-order valence-electron chi connectivity index (χ2n) is 7.96. The first-order valence-corrected chi connectivity index (χ1v) is 9.35. The summed E-state index contributed by atoms with van der Waals surface area (Å²) in [5.74, 6) is 4.50. The van der Waals surface area contributed by atoms with Crippen molar-refractivity contribution in [3.05, 3.63) is 48.1 Å². The fourth-order valence-corrected chi connectivity index (χ4v) is 4.80. The highest BCUT2D eigenvalue weighted by Gasteiger charge is 2.35. The van der Waals surface area contributed by atoms with Crippen LogP contribution in [0.1, 0.15) is 58.8 Å². The van der Waals surface area contributed by atoms with E-state index in [4.69, 9.17) is 0 Å². The Morgan fingerprint density at radius 3 is 2.45 bits per heavy atom. The maximum Gasteiger partial charge on any atom is -0.00173 e. The fourth-order valence-electron chi connectivity index (χ4n) is 4.80. The molecule has 120 valence electrons. The molecule has 2 fully saturated rings. The van der Waals surface area contributed by atoms with Gasteiger partial charge < -0.3 is 0 Å². The largest absolute Gasteiger partial charge is 0.100 e. The smallest absolute Gasteiger partial charge is 0.00173 e. The van der Waals surface area contributed by atoms with Gasteiger partial charge in [-0.25, -0.2) is 0 Å². The Morgan fingerprint density at radius 1 is 1.14 bits per heavy atom. The third-order valence-corrected chi connectivity index (χ3v) is 5.87. The van der Waals surface area contributed by atoms with E-state index in [2.05, 4.69) is 50.8 Å². The predicted molar refractivity (Wildman–Crippen MR) is 96.6 cm³/mol. The summed E-state index contributed by atoms with van der Waals surface area (Å²) in [6.45, 7) is 8.38. The quantitative estimate of drug-likeness (QED) is 0.521. The van der Waals surface area contributed by atoms with Crippen molar-refractivity contribution in [1.29, 1.82) is 0 Å². The first-order chi connectivity index (χ1) is 10.7. The van der Waals surface area contributed by atoms with Crippen LogP contribution in [0.15, 0.2) is 48.1 Å². The molecule has 4 bridgehead atoms. The molecule has 4 rings (SSSR count). The van der Waals surface area contributed by atoms with E-state index in [1.807, 2.05) is 0 Å². The molecule has 0 saturated heterocycles. The lowest BCUT2D eigenvalue weighted by molar-refractivity contribution is 0.445. The molecule has 0 spiro atoms. The van der Waals surface area contributed by atoms with Gasteiger partial charge in [-0.05, 0) is 75.0 Å². The van der Waals surface area contributed by atoms with E-state index < -0.39 is 0 Å². The minimum Gasteiger partial charge on any atom is -0.100 e. The van der Waals surface area contributed by atoms with Crippen molar-refractivity contribution in [3.8, 4) is 0 Å². The highest BCUT2D eigenvalue weighted by Crippen LogP contribution is 2.45. The Bertz CT molecular complexity index is 490. The molecule has 5 atom stereocenters. The average Bonchev–Trinajstić information content (AvgIpc) is 3.25. The molecule has 0 heteroatoms. The maximum atomic E-state index is 3.98. The van der Waals surface area contributed by atoms with Crippen LogP contribution in [-0.4, -0.2) is 0 Å². The highest BCUT2D eigenvalue weighted by atomic mass is 14.4. The SMILES string of the molecule is C=C(C)CC1CC2C=CC1C2.CCCC=C1CC2C=CC1C2. The van der Waals surface area contributed by atoms with Gasteiger partial charge in [-0.3, -0.25) is 0 Å². The molecular formula is C22H32. The van der Waals surface area contributed by atoms with Gasteiger partial charge in [0.15, 0.2) is 0 Å². The molecule has 0 aliphatic heterocycles. The van der Waals surface area contributed by atoms with Gasteiger partial charge in [0.1, 0.15) is 0 Å². The van der Waals surface area contributed by atoms with Crippen LogP contribution < -0.4 is 0 Å². The number of rotatable bonds is 4. The maximum absolute atomic E-state index is 3.98. The van der Waals surface area contributed by atoms with Gasteiger partial charge in [0.2, 0.25) is 0 Å². The number of fused-ring (bicyclic) bond motifs is 4. The Balaban J connectivity index is 0.000000131. The molecule has 0 amide bonds. The van der Waals surface area contributed by atoms with E-state index in [0.29, 0.717) is 0 Å². The summed E-state index contributed by atoms with van der Waals surface area (Å²) in [6, 6.07) is 0. The van der Waals surface area contributed by atoms with Crippen LogP contribution in [0.25, 0.3) is 0 Å². The molecule has 0 aromatic carbocycles. The highest BCUT2D eigenvalue weighted by molar-refractivity contribution is 5.26. The second-order valence-corrected chi connectivity index (χ2v) is 7.96. The van der Waals surface area contributed by atoms with Crippen molar-refractivity contribution in [2.45, 2.75) is 58.8 Å². The van der Waals surface area contributed by atoms with Crippen molar-refractivity contribution in [2.24, 2.45) is 29.6 Å². The minimum absolute atomic E-state index is 0.839. The summed E-state index contributed by atoms with van der Waals surface area (Å²) in [6.07, 6.45) is 21.5. The number of unbranched alkanes of at least 4 members (excludes halogenated alkanes) is 1. The van der Waals surface area contributed by atoms with Gasteiger partial charge in [0.05, 0.1) is 0 Å². The van der Waals surface area contributed by atoms with Gasteiger partial charge in [-0.1, -0.05) is 54.9 Å². The van der Waals surface area contributed by atoms with Gasteiger partial charge in [0, 0.05) is 0 Å². The van der Waals surface area contributed by atoms with Crippen LogP contribution in [0.4, 0.5) is 0 Å². The Morgan fingerprint density at radius 2 is 1.95 bits per heavy atom. The van der Waals surface area contributed by atoms with Gasteiger partial charge in [0.25, 0.3) is 0 Å². The zero-order valence-corrected chi connectivity index (χ0v) is 14.4. The van der Waals surface area contributed by atoms with Crippen LogP contribution in [-0.2, 0) is 0 Å². The van der Waals surface area contributed by atoms with Crippen LogP contribution in [0.3, 0.4) is 0 Å². The third kappa shape index (κ3) is 3.65. The third-order valence-electron chi connectivity index (χ3n) is 5.87. The van der Waals surface area contributed by atoms with Crippen molar-refractivity contribution < 1.29 is 0 Å². The van der Waals surface area contributed by atoms with Crippen LogP contribution in [0.5, 0.6) is 0 Å². The topological polar surface area (TPSA) is 0 Å². The lowest BCUT2D eigenvalue weighted by Gasteiger charge is -2.17. The minimum atomic E-state index is 0.839. The Kier molecular flexibility index (Phi) is 5.06. The molecule has 4 aliphatic carbocycles. The van der Waals surface area contributed by atoms with E-state index in [-0.39, 0.29) is 0 Å². The Labute approximate surface area is 137 Å². The van der Waals surface area contributed by atoms with E-state index >= 15 is 0 Å². The van der Waals surface area contributed by atoms with Gasteiger partial charge in [-0.2, -0.15) is 0 Å². The lowest BCUT2D eigenvalue weighted by Crippen LogP contribution is -2.06. The summed E-state index contributed by atoms with van der Waals surface area (Å²) in [4.78, 5) is 0. The molecule has 0 heterocycles. The van der Waals surface area contributed by atoms with Crippen molar-refractivity contribution in [3.63, 3.8) is 0 Å². The first kappa shape index (κ1) is 15.8. The van der Waals surface area contributed by atoms with Crippen LogP contribution in [0, 0.1) is 29.6 Å². The predicted octanol–water partition coefficient (Wildman–Crippen LogP) is 6.47. The van der Waals surface area contributed by atoms with Crippen molar-refractivity contribution >= 4 is 0 Å². The fraction of sp³-hybridized carbons (Fsp3) is 0.636. The molecule has 0 N–H and O–H groups in total. The second kappa shape index (κ2) is 7.02. The molecule has 0 aromatic heterocycles. The standard InChI is InChI=1S/2C11H16/c1-8(2)5-11-7-9-3-4-10(11)6-9;1-2-3-4-10-7-9-5-6-11(10)8-9/h3-4,9-11H,1,5-7H2,2H3;4-6,9,11H,2-3,7-8H2,1H3. The molecule has 2 saturated carbocycles. The molecule has 4 aliphatic rings. The van der Waals surface area contributed by atoms with E-state index in [1.165, 1.54) is 50.5 Å². The zero-order valence-electron chi connectivity index (χ0n) is 14.4. The number of allylic oxidation sites excluding steroid dienone is 7. The van der Waals surface area contributed by atoms with E-state index in [0.717, 1.165) is 29.6 Å². The summed E-state index contributed by atoms with van der Waals surface area (Å²) in [5.41, 5.74) is 3.08. The lowest BCUT2D eigenvalue weighted by atomic mass is 9.88. The van der Waals surface area contributed by atoms with Crippen molar-refractivity contribution in [2.75, 3.05) is 0 Å². The summed E-state index contributed by atoms with van der Waals surface area (Å²) in [7, 11) is 0. The normalized spacial score (nSPS) is 38.6. The number of hydrogen-bond donors (Lipinski definition) is 0. The summed E-state index contributed by atoms with van der Waals surface area (Å²) < 4.78 is 0. The average molecular weight is 296 g/mol. The van der Waals surface area contributed by atoms with E-state index in [1.54, 1.807) is 5.57 Å². The molecule has 0 aromatic rings. The van der Waals surface area contributed by atoms with Gasteiger partial charge in [-0.15, -0.1) is 6.58 Å². The zero-order chi connectivity index (χ0) is 15.5. The Hall–Kier alpha value is -1.04. The molecular weight excluding hydrogens is 264 g/mol. The molecule has 5 unspecified atom stereocenters. The van der Waals surface area contributed by atoms with Crippen LogP contribution in [0.2, 0.25) is 0 Å². The molecule has 0 nitrogen and oxygen atoms in total. The van der Waals surface area contributed by atoms with Gasteiger partial charge >= 0.3 is 0 Å². The first-order valence-electron chi connectivity index (χ1n) is 9.35. The van der Waals surface area contributed by atoms with Crippen molar-refractivity contribution in [1.82, 2.24) is 0 Å². The molecule has 22 heavy (non-hydrogen) atoms. The monoisotopic (exact) mass is 296 g/mol. The summed E-state index contributed by atoms with van der Waals surface area (Å²) >= 11 is 0. The number of hydrogen-bond acceptors (Lipinski definition) is 0. The van der Waals surface area contributed by atoms with Crippen LogP contribution >= 0.6 is 0 Å². The summed E-state index contributed by atoms with van der Waals surface area (Å²) in [5, 5.41) is 0. The van der Waals surface area contributed by atoms with E-state index in [9.17, 15) is 0 Å².